The molecule has 4 heterocycles. The second kappa shape index (κ2) is 26.7. The molecule has 5 rings (SSSR count). The summed E-state index contributed by atoms with van der Waals surface area (Å²) in [6.07, 6.45) is -3.11. The molecular weight excluding hydrogens is 907 g/mol. The summed E-state index contributed by atoms with van der Waals surface area (Å²) in [5.74, 6) is -3.96. The van der Waals surface area contributed by atoms with E-state index in [9.17, 15) is 34.5 Å². The van der Waals surface area contributed by atoms with Gasteiger partial charge in [-0.15, -0.1) is 0 Å². The van der Waals surface area contributed by atoms with E-state index in [1.807, 2.05) is 43.1 Å². The van der Waals surface area contributed by atoms with E-state index in [2.05, 4.69) is 23.2 Å². The summed E-state index contributed by atoms with van der Waals surface area (Å²) >= 11 is 0. The zero-order chi connectivity index (χ0) is 51.3. The largest absolute Gasteiger partial charge is 0.466 e. The highest BCUT2D eigenvalue weighted by molar-refractivity contribution is 5.82. The first-order valence-corrected chi connectivity index (χ1v) is 24.8. The van der Waals surface area contributed by atoms with Gasteiger partial charge >= 0.3 is 17.9 Å². The molecule has 0 aliphatic carbocycles. The molecule has 70 heavy (non-hydrogen) atoms. The minimum atomic E-state index is -1.54. The summed E-state index contributed by atoms with van der Waals surface area (Å²) in [5, 5.41) is 36.5. The third kappa shape index (κ3) is 15.1. The highest BCUT2D eigenvalue weighted by atomic mass is 16.7. The molecule has 3 saturated heterocycles. The molecule has 3 aliphatic heterocycles. The fraction of sp³-hybridized carbons (Fsp3) is 0.712. The molecule has 1 aromatic heterocycles. The number of β-amino-alcohol motifs (C(OH)–C–C–N with tert-alkyl or cyclic N) is 1. The molecule has 392 valence electrons. The Bertz CT molecular complexity index is 2010. The van der Waals surface area contributed by atoms with E-state index < -0.39 is 115 Å². The molecule has 0 saturated carbocycles. The summed E-state index contributed by atoms with van der Waals surface area (Å²) in [6, 6.07) is 9.18. The van der Waals surface area contributed by atoms with E-state index in [0.29, 0.717) is 25.9 Å². The van der Waals surface area contributed by atoms with Crippen molar-refractivity contribution in [3.63, 3.8) is 0 Å². The molecule has 2 aromatic rings. The number of aldehydes is 1. The van der Waals surface area contributed by atoms with Crippen LogP contribution in [0.3, 0.4) is 0 Å². The van der Waals surface area contributed by atoms with E-state index in [-0.39, 0.29) is 44.8 Å². The highest BCUT2D eigenvalue weighted by Gasteiger charge is 2.54. The van der Waals surface area contributed by atoms with Crippen molar-refractivity contribution in [1.82, 2.24) is 14.8 Å². The SMILES string of the molecule is CCOC(=O)[C@H]1[C@H](C)O[C@@H](O[C@H]2[C@H](N(C)C)[C@@H](O)[C@H](O[C@H]3[C@@H](CC=O)C[C@@H](C)[C@@H](O)CN(C)CC(/C=C\Cc4ccnc5ccccc45)CCOC(=O)C[C@@H](OC(=O)CC)[C@@H]3OC)O[C@@H]2C)C[C@@]1(C)O. The summed E-state index contributed by atoms with van der Waals surface area (Å²) in [7, 11) is 6.82. The number of aliphatic hydroxyl groups excluding tert-OH is 2. The predicted molar refractivity (Wildman–Crippen MR) is 258 cm³/mol. The topological polar surface area (TPSA) is 222 Å². The van der Waals surface area contributed by atoms with E-state index >= 15 is 0 Å². The zero-order valence-electron chi connectivity index (χ0n) is 42.7. The molecule has 3 N–H and O–H groups in total. The van der Waals surface area contributed by atoms with Gasteiger partial charge in [0.05, 0.1) is 61.2 Å². The average molecular weight is 986 g/mol. The first-order chi connectivity index (χ1) is 33.3. The number of methoxy groups -OCH3 is 1. The van der Waals surface area contributed by atoms with Gasteiger partial charge in [0.2, 0.25) is 0 Å². The Labute approximate surface area is 413 Å². The van der Waals surface area contributed by atoms with Gasteiger partial charge in [-0.05, 0) is 104 Å². The maximum Gasteiger partial charge on any atom is 0.314 e. The summed E-state index contributed by atoms with van der Waals surface area (Å²) < 4.78 is 49.0. The monoisotopic (exact) mass is 986 g/mol. The lowest BCUT2D eigenvalue weighted by Gasteiger charge is -2.50. The third-order valence-electron chi connectivity index (χ3n) is 14.0. The van der Waals surface area contributed by atoms with E-state index in [1.54, 1.807) is 52.9 Å². The molecule has 0 bridgehead atoms. The standard InChI is InChI=1S/C52H79N3O15/c1-11-41(58)68-40-27-42(59)65-25-22-34(16-15-17-35-20-23-53-38-19-14-13-18-37(35)38)29-55(9)30-39(57)31(3)26-36(21-24-56)48(49(40)63-10)70-51-46(60)45(54(7)8)47(33(5)67-51)69-43-28-52(6,62)44(32(4)66-43)50(61)64-12-2/h13-16,18-20,23-24,31-34,36,39-40,43-49,51,57,60,62H,11-12,17,21-22,25-30H2,1-10H3/b16-15-/t31-,32+,33-,34?,36+,39+,40-,43+,44-,45-,46-,47-,48+,49+,51+,52-/m1/s1. The van der Waals surface area contributed by atoms with Gasteiger partial charge < -0.3 is 67.8 Å². The van der Waals surface area contributed by atoms with Crippen LogP contribution in [-0.2, 0) is 63.5 Å². The Morgan fingerprint density at radius 1 is 1.01 bits per heavy atom. The zero-order valence-corrected chi connectivity index (χ0v) is 42.7. The molecule has 18 heteroatoms. The van der Waals surface area contributed by atoms with E-state index in [1.165, 1.54) is 14.0 Å². The minimum absolute atomic E-state index is 0.0123. The number of benzene rings is 1. The van der Waals surface area contributed by atoms with Gasteiger partial charge in [-0.3, -0.25) is 19.4 Å². The number of carbonyl (C=O) groups is 4. The number of nitrogens with zero attached hydrogens (tertiary/aromatic N) is 3. The number of hydrogen-bond acceptors (Lipinski definition) is 18. The molecule has 3 aliphatic rings. The molecule has 18 nitrogen and oxygen atoms in total. The molecule has 1 unspecified atom stereocenters. The van der Waals surface area contributed by atoms with Crippen LogP contribution in [0.25, 0.3) is 10.9 Å². The van der Waals surface area contributed by atoms with Gasteiger partial charge in [0.1, 0.15) is 36.6 Å². The van der Waals surface area contributed by atoms with Crippen molar-refractivity contribution in [2.75, 3.05) is 54.6 Å². The van der Waals surface area contributed by atoms with Crippen LogP contribution in [0.5, 0.6) is 0 Å². The number of likely N-dealkylation sites (N-methyl/N-ethyl adjacent to an activating group) is 2. The van der Waals surface area contributed by atoms with E-state index in [0.717, 1.165) is 22.8 Å². The fourth-order valence-electron chi connectivity index (χ4n) is 10.4. The van der Waals surface area contributed by atoms with Crippen molar-refractivity contribution in [2.45, 2.75) is 160 Å². The summed E-state index contributed by atoms with van der Waals surface area (Å²) in [4.78, 5) is 60.6. The number of allylic oxidation sites excluding steroid dienone is 1. The maximum absolute atomic E-state index is 13.8. The first-order valence-electron chi connectivity index (χ1n) is 24.8. The molecule has 3 fully saturated rings. The first kappa shape index (κ1) is 57.0. The van der Waals surface area contributed by atoms with E-state index in [4.69, 9.17) is 37.9 Å². The van der Waals surface area contributed by atoms with Crippen molar-refractivity contribution in [2.24, 2.45) is 23.7 Å². The lowest BCUT2D eigenvalue weighted by Crippen LogP contribution is -2.65. The van der Waals surface area contributed by atoms with Crippen LogP contribution in [0.15, 0.2) is 48.7 Å². The van der Waals surface area contributed by atoms with Gasteiger partial charge in [0.25, 0.3) is 0 Å². The van der Waals surface area contributed by atoms with Crippen molar-refractivity contribution >= 4 is 35.1 Å². The Kier molecular flexibility index (Phi) is 21.7. The molecule has 16 atom stereocenters. The normalized spacial score (nSPS) is 35.6. The smallest absolute Gasteiger partial charge is 0.314 e. The Morgan fingerprint density at radius 2 is 1.76 bits per heavy atom. The summed E-state index contributed by atoms with van der Waals surface area (Å²) in [6.45, 7) is 11.2. The van der Waals surface area contributed by atoms with Gasteiger partial charge in [-0.1, -0.05) is 44.2 Å². The Morgan fingerprint density at radius 3 is 2.43 bits per heavy atom. The van der Waals surface area contributed by atoms with Crippen molar-refractivity contribution in [3.05, 3.63) is 54.2 Å². The average Bonchev–Trinajstić information content (AvgIpc) is 3.29. The number of fused-ring (bicyclic) bond motifs is 1. The van der Waals surface area contributed by atoms with Crippen LogP contribution >= 0.6 is 0 Å². The number of hydrogen-bond donors (Lipinski definition) is 3. The van der Waals surface area contributed by atoms with Crippen LogP contribution in [-0.4, -0.2) is 182 Å². The van der Waals surface area contributed by atoms with Gasteiger partial charge in [0.15, 0.2) is 12.6 Å². The number of carbonyl (C=O) groups excluding carboxylic acids is 4. The van der Waals surface area contributed by atoms with Crippen LogP contribution < -0.4 is 0 Å². The number of pyridine rings is 1. The van der Waals surface area contributed by atoms with Crippen molar-refractivity contribution < 1.29 is 72.4 Å². The van der Waals surface area contributed by atoms with Gasteiger partial charge in [0, 0.05) is 51.0 Å². The van der Waals surface area contributed by atoms with Gasteiger partial charge in [-0.25, -0.2) is 0 Å². The molecule has 1 aromatic carbocycles. The maximum atomic E-state index is 13.8. The molecule has 0 radical (unpaired) electrons. The van der Waals surface area contributed by atoms with Crippen LogP contribution in [0, 0.1) is 23.7 Å². The Balaban J connectivity index is 1.41. The van der Waals surface area contributed by atoms with Crippen LogP contribution in [0.1, 0.15) is 85.6 Å². The molecule has 0 spiro atoms. The quantitative estimate of drug-likeness (QED) is 0.0993. The molecular formula is C52H79N3O15. The fourth-order valence-corrected chi connectivity index (χ4v) is 10.4. The number of cyclic esters (lactones) is 1. The number of rotatable bonds is 15. The second-order valence-electron chi connectivity index (χ2n) is 19.8. The lowest BCUT2D eigenvalue weighted by molar-refractivity contribution is -0.340. The third-order valence-corrected chi connectivity index (χ3v) is 14.0. The highest BCUT2D eigenvalue weighted by Crippen LogP contribution is 2.39. The lowest BCUT2D eigenvalue weighted by atomic mass is 9.80. The number of para-hydroxylation sites is 1. The minimum Gasteiger partial charge on any atom is -0.466 e. The number of aromatic nitrogens is 1. The van der Waals surface area contributed by atoms with Crippen LogP contribution in [0.4, 0.5) is 0 Å². The predicted octanol–water partition coefficient (Wildman–Crippen LogP) is 4.02. The number of aliphatic hydroxyl groups is 3. The van der Waals surface area contributed by atoms with Crippen molar-refractivity contribution in [1.29, 1.82) is 0 Å². The van der Waals surface area contributed by atoms with Gasteiger partial charge in [-0.2, -0.15) is 0 Å². The molecule has 0 amide bonds. The second-order valence-corrected chi connectivity index (χ2v) is 19.8. The number of esters is 3. The van der Waals surface area contributed by atoms with Crippen molar-refractivity contribution in [3.8, 4) is 0 Å². The van der Waals surface area contributed by atoms with Crippen LogP contribution in [0.2, 0.25) is 0 Å². The number of ether oxygens (including phenoxy) is 8. The summed E-state index contributed by atoms with van der Waals surface area (Å²) in [5.41, 5.74) is 0.502. The Hall–Kier alpha value is -3.95.